The second-order valence-electron chi connectivity index (χ2n) is 4.71. The van der Waals surface area contributed by atoms with Crippen molar-refractivity contribution in [3.05, 3.63) is 59.6 Å². The zero-order chi connectivity index (χ0) is 16.2. The topological polar surface area (TPSA) is 73.8 Å². The van der Waals surface area contributed by atoms with Gasteiger partial charge in [0, 0.05) is 11.3 Å². The van der Waals surface area contributed by atoms with Crippen LogP contribution in [0.3, 0.4) is 0 Å². The summed E-state index contributed by atoms with van der Waals surface area (Å²) in [6.07, 6.45) is 0. The summed E-state index contributed by atoms with van der Waals surface area (Å²) in [4.78, 5) is 11.1. The molecule has 0 spiro atoms. The Hall–Kier alpha value is -2.31. The van der Waals surface area contributed by atoms with E-state index in [0.717, 1.165) is 11.3 Å². The van der Waals surface area contributed by atoms with Gasteiger partial charge in [-0.2, -0.15) is 0 Å². The number of para-hydroxylation sites is 1. The third kappa shape index (κ3) is 3.38. The number of nitrogens with zero attached hydrogens (tertiary/aromatic N) is 3. The van der Waals surface area contributed by atoms with Crippen molar-refractivity contribution in [3.8, 4) is 17.1 Å². The Morgan fingerprint density at radius 3 is 2.48 bits per heavy atom. The lowest BCUT2D eigenvalue weighted by Gasteiger charge is -2.10. The van der Waals surface area contributed by atoms with Crippen molar-refractivity contribution in [1.29, 1.82) is 0 Å². The molecule has 23 heavy (non-hydrogen) atoms. The number of carbonyl (C=O) groups excluding carboxylic acids is 1. The standard InChI is InChI=1S/C16H13ClN4OS/c17-13-9-5-4-8-12(13)15-19-20-16(23-10-14(18)22)21(15)11-6-2-1-3-7-11/h1-9H,10H2,(H2,18,22). The maximum Gasteiger partial charge on any atom is 0.227 e. The summed E-state index contributed by atoms with van der Waals surface area (Å²) >= 11 is 7.54. The summed E-state index contributed by atoms with van der Waals surface area (Å²) in [7, 11) is 0. The number of hydrogen-bond donors (Lipinski definition) is 1. The molecule has 0 fully saturated rings. The predicted octanol–water partition coefficient (Wildman–Crippen LogP) is 3.17. The first-order chi connectivity index (χ1) is 11.2. The van der Waals surface area contributed by atoms with Crippen LogP contribution < -0.4 is 5.73 Å². The van der Waals surface area contributed by atoms with Gasteiger partial charge < -0.3 is 5.73 Å². The molecule has 1 aromatic heterocycles. The van der Waals surface area contributed by atoms with Crippen LogP contribution >= 0.6 is 23.4 Å². The van der Waals surface area contributed by atoms with Crippen LogP contribution in [0.1, 0.15) is 0 Å². The second kappa shape index (κ2) is 6.85. The van der Waals surface area contributed by atoms with Gasteiger partial charge in [-0.05, 0) is 24.3 Å². The Bertz CT molecular complexity index is 835. The van der Waals surface area contributed by atoms with Crippen LogP contribution in [0.5, 0.6) is 0 Å². The van der Waals surface area contributed by atoms with Crippen molar-refractivity contribution in [3.63, 3.8) is 0 Å². The molecule has 0 bridgehead atoms. The average Bonchev–Trinajstić information content (AvgIpc) is 2.98. The fourth-order valence-electron chi connectivity index (χ4n) is 2.13. The summed E-state index contributed by atoms with van der Waals surface area (Å²) in [6.45, 7) is 0. The Labute approximate surface area is 142 Å². The Kier molecular flexibility index (Phi) is 4.64. The van der Waals surface area contributed by atoms with E-state index in [4.69, 9.17) is 17.3 Å². The highest BCUT2D eigenvalue weighted by Crippen LogP contribution is 2.31. The minimum Gasteiger partial charge on any atom is -0.369 e. The molecule has 3 aromatic rings. The minimum atomic E-state index is -0.406. The fraction of sp³-hybridized carbons (Fsp3) is 0.0625. The highest BCUT2D eigenvalue weighted by molar-refractivity contribution is 7.99. The van der Waals surface area contributed by atoms with E-state index in [1.165, 1.54) is 11.8 Å². The number of primary amides is 1. The van der Waals surface area contributed by atoms with Gasteiger partial charge in [0.05, 0.1) is 10.8 Å². The van der Waals surface area contributed by atoms with Gasteiger partial charge in [-0.15, -0.1) is 10.2 Å². The van der Waals surface area contributed by atoms with Crippen LogP contribution in [-0.4, -0.2) is 26.4 Å². The van der Waals surface area contributed by atoms with Crippen LogP contribution in [0.25, 0.3) is 17.1 Å². The number of hydrogen-bond acceptors (Lipinski definition) is 4. The highest BCUT2D eigenvalue weighted by Gasteiger charge is 2.18. The third-order valence-corrected chi connectivity index (χ3v) is 4.39. The number of thioether (sulfide) groups is 1. The van der Waals surface area contributed by atoms with Gasteiger partial charge in [0.25, 0.3) is 0 Å². The van der Waals surface area contributed by atoms with Crippen molar-refractivity contribution < 1.29 is 4.79 Å². The number of nitrogens with two attached hydrogens (primary N) is 1. The van der Waals surface area contributed by atoms with Gasteiger partial charge in [0.15, 0.2) is 11.0 Å². The van der Waals surface area contributed by atoms with Crippen LogP contribution in [0.2, 0.25) is 5.02 Å². The molecule has 0 aliphatic rings. The SMILES string of the molecule is NC(=O)CSc1nnc(-c2ccccc2Cl)n1-c1ccccc1. The summed E-state index contributed by atoms with van der Waals surface area (Å²) in [5.41, 5.74) is 6.90. The molecule has 1 heterocycles. The molecule has 0 radical (unpaired) electrons. The first-order valence-corrected chi connectivity index (χ1v) is 8.20. The molecule has 0 aliphatic heterocycles. The molecular weight excluding hydrogens is 332 g/mol. The van der Waals surface area contributed by atoms with Crippen molar-refractivity contribution in [2.75, 3.05) is 5.75 Å². The lowest BCUT2D eigenvalue weighted by atomic mass is 10.2. The lowest BCUT2D eigenvalue weighted by Crippen LogP contribution is -2.13. The van der Waals surface area contributed by atoms with Gasteiger partial charge >= 0.3 is 0 Å². The van der Waals surface area contributed by atoms with Crippen LogP contribution in [0, 0.1) is 0 Å². The van der Waals surface area contributed by atoms with Crippen LogP contribution in [-0.2, 0) is 4.79 Å². The van der Waals surface area contributed by atoms with E-state index in [2.05, 4.69) is 10.2 Å². The van der Waals surface area contributed by atoms with Gasteiger partial charge in [-0.3, -0.25) is 9.36 Å². The first-order valence-electron chi connectivity index (χ1n) is 6.83. The molecule has 0 unspecified atom stereocenters. The number of carbonyl (C=O) groups is 1. The summed E-state index contributed by atoms with van der Waals surface area (Å²) in [6, 6.07) is 17.1. The molecule has 2 N–H and O–H groups in total. The average molecular weight is 345 g/mol. The molecule has 2 aromatic carbocycles. The van der Waals surface area contributed by atoms with Crippen LogP contribution in [0.4, 0.5) is 0 Å². The number of rotatable bonds is 5. The van der Waals surface area contributed by atoms with E-state index in [1.54, 1.807) is 6.07 Å². The molecule has 0 saturated heterocycles. The molecule has 0 atom stereocenters. The van der Waals surface area contributed by atoms with Gasteiger partial charge in [0.2, 0.25) is 5.91 Å². The normalized spacial score (nSPS) is 10.7. The third-order valence-electron chi connectivity index (χ3n) is 3.11. The zero-order valence-electron chi connectivity index (χ0n) is 12.0. The molecule has 3 rings (SSSR count). The Morgan fingerprint density at radius 1 is 1.09 bits per heavy atom. The number of amides is 1. The lowest BCUT2D eigenvalue weighted by molar-refractivity contribution is -0.115. The molecule has 0 aliphatic carbocycles. The minimum absolute atomic E-state index is 0.132. The highest BCUT2D eigenvalue weighted by atomic mass is 35.5. The van der Waals surface area contributed by atoms with E-state index in [0.29, 0.717) is 16.0 Å². The van der Waals surface area contributed by atoms with E-state index in [1.807, 2.05) is 53.1 Å². The van der Waals surface area contributed by atoms with Gasteiger partial charge in [-0.25, -0.2) is 0 Å². The Balaban J connectivity index is 2.14. The molecular formula is C16H13ClN4OS. The van der Waals surface area contributed by atoms with Crippen molar-refractivity contribution >= 4 is 29.3 Å². The molecule has 116 valence electrons. The summed E-state index contributed by atoms with van der Waals surface area (Å²) in [5.74, 6) is 0.346. The van der Waals surface area contributed by atoms with Gasteiger partial charge in [0.1, 0.15) is 0 Å². The van der Waals surface area contributed by atoms with E-state index in [9.17, 15) is 4.79 Å². The predicted molar refractivity (Wildman–Crippen MR) is 91.7 cm³/mol. The Morgan fingerprint density at radius 2 is 1.78 bits per heavy atom. The number of benzene rings is 2. The van der Waals surface area contributed by atoms with E-state index in [-0.39, 0.29) is 5.75 Å². The van der Waals surface area contributed by atoms with Crippen molar-refractivity contribution in [1.82, 2.24) is 14.8 Å². The second-order valence-corrected chi connectivity index (χ2v) is 6.06. The molecule has 1 amide bonds. The smallest absolute Gasteiger partial charge is 0.227 e. The number of aromatic nitrogens is 3. The molecule has 0 saturated carbocycles. The quantitative estimate of drug-likeness (QED) is 0.721. The maximum atomic E-state index is 11.1. The van der Waals surface area contributed by atoms with Crippen molar-refractivity contribution in [2.45, 2.75) is 5.16 Å². The first kappa shape index (κ1) is 15.6. The fourth-order valence-corrected chi connectivity index (χ4v) is 3.04. The largest absolute Gasteiger partial charge is 0.369 e. The van der Waals surface area contributed by atoms with Gasteiger partial charge in [-0.1, -0.05) is 53.7 Å². The molecule has 7 heteroatoms. The van der Waals surface area contributed by atoms with Crippen molar-refractivity contribution in [2.24, 2.45) is 5.73 Å². The maximum absolute atomic E-state index is 11.1. The summed E-state index contributed by atoms with van der Waals surface area (Å²) < 4.78 is 1.87. The monoisotopic (exact) mass is 344 g/mol. The molecule has 5 nitrogen and oxygen atoms in total. The summed E-state index contributed by atoms with van der Waals surface area (Å²) in [5, 5.41) is 9.62. The van der Waals surface area contributed by atoms with E-state index >= 15 is 0 Å². The van der Waals surface area contributed by atoms with E-state index < -0.39 is 5.91 Å². The zero-order valence-corrected chi connectivity index (χ0v) is 13.6. The number of halogens is 1. The van der Waals surface area contributed by atoms with Crippen LogP contribution in [0.15, 0.2) is 59.8 Å².